The molecule has 43 heavy (non-hydrogen) atoms. The van der Waals surface area contributed by atoms with Gasteiger partial charge in [0, 0.05) is 5.39 Å². The first-order valence-electron chi connectivity index (χ1n) is 10.7. The number of fused-ring (bicyclic) bond motifs is 1. The fraction of sp³-hybridized carbons (Fsp3) is 0.0500. The summed E-state index contributed by atoms with van der Waals surface area (Å²) in [6, 6.07) is 5.92. The lowest BCUT2D eigenvalue weighted by atomic mass is 10.1. The molecule has 0 spiro atoms. The molecule has 0 aliphatic heterocycles. The third kappa shape index (κ3) is 7.99. The van der Waals surface area contributed by atoms with Crippen LogP contribution in [0.15, 0.2) is 83.4 Å². The van der Waals surface area contributed by atoms with Crippen molar-refractivity contribution in [2.75, 3.05) is 11.6 Å². The van der Waals surface area contributed by atoms with E-state index in [0.717, 1.165) is 24.3 Å². The maximum absolute atomic E-state index is 12.0. The van der Waals surface area contributed by atoms with E-state index < -0.39 is 94.7 Å². The predicted octanol–water partition coefficient (Wildman–Crippen LogP) is 1.01. The normalized spacial score (nSPS) is 13.3. The first-order chi connectivity index (χ1) is 19.6. The number of anilines is 1. The molecule has 0 radical (unpaired) electrons. The molecule has 230 valence electrons. The molecular formula is C20H16N4O15S4. The molecule has 0 bridgehead atoms. The van der Waals surface area contributed by atoms with Gasteiger partial charge in [0.15, 0.2) is 5.71 Å². The molecule has 0 aliphatic rings. The quantitative estimate of drug-likeness (QED) is 0.0620. The van der Waals surface area contributed by atoms with E-state index in [1.807, 2.05) is 0 Å². The number of azo groups is 1. The second-order valence-corrected chi connectivity index (χ2v) is 13.7. The Hall–Kier alpha value is -4.23. The van der Waals surface area contributed by atoms with Crippen LogP contribution in [-0.2, 0) is 50.1 Å². The zero-order valence-corrected chi connectivity index (χ0v) is 23.9. The van der Waals surface area contributed by atoms with E-state index in [-0.39, 0.29) is 12.1 Å². The first-order valence-corrected chi connectivity index (χ1v) is 16.4. The number of amides is 1. The number of benzene rings is 3. The lowest BCUT2D eigenvalue weighted by Crippen LogP contribution is -2.24. The summed E-state index contributed by atoms with van der Waals surface area (Å²) in [6.07, 6.45) is 0.0278. The molecular weight excluding hydrogens is 665 g/mol. The third-order valence-electron chi connectivity index (χ3n) is 5.19. The largest absolute Gasteiger partial charge is 0.477 e. The summed E-state index contributed by atoms with van der Waals surface area (Å²) in [5, 5.41) is 19.3. The van der Waals surface area contributed by atoms with Gasteiger partial charge in [-0.25, -0.2) is 9.80 Å². The minimum Gasteiger partial charge on any atom is -0.477 e. The zero-order chi connectivity index (χ0) is 32.5. The van der Waals surface area contributed by atoms with Crippen LogP contribution in [0.5, 0.6) is 0 Å². The molecule has 23 heteroatoms. The Morgan fingerprint density at radius 1 is 0.744 bits per heavy atom. The number of carbonyl (C=O) groups excluding carboxylic acids is 1. The topological polar surface area (TPSA) is 312 Å². The number of aliphatic carboxylic acids is 1. The van der Waals surface area contributed by atoms with Crippen molar-refractivity contribution in [3.63, 3.8) is 0 Å². The molecule has 3 rings (SSSR count). The van der Waals surface area contributed by atoms with Gasteiger partial charge in [-0.2, -0.15) is 49.0 Å². The van der Waals surface area contributed by atoms with Gasteiger partial charge in [0.1, 0.15) is 22.0 Å². The highest BCUT2D eigenvalue weighted by Crippen LogP contribution is 2.35. The van der Waals surface area contributed by atoms with Crippen molar-refractivity contribution in [3.05, 3.63) is 48.5 Å². The van der Waals surface area contributed by atoms with Crippen molar-refractivity contribution < 1.29 is 66.6 Å². The maximum atomic E-state index is 12.0. The van der Waals surface area contributed by atoms with Crippen LogP contribution in [0, 0.1) is 0 Å². The van der Waals surface area contributed by atoms with Crippen LogP contribution in [-0.4, -0.2) is 81.6 Å². The van der Waals surface area contributed by atoms with E-state index >= 15 is 0 Å². The second-order valence-electron chi connectivity index (χ2n) is 8.06. The summed E-state index contributed by atoms with van der Waals surface area (Å²) in [4.78, 5) is 19.4. The number of hydrazone groups is 1. The van der Waals surface area contributed by atoms with E-state index in [4.69, 9.17) is 4.55 Å². The van der Waals surface area contributed by atoms with Crippen molar-refractivity contribution in [1.29, 1.82) is 0 Å². The van der Waals surface area contributed by atoms with Crippen LogP contribution < -0.4 is 5.01 Å². The van der Waals surface area contributed by atoms with Gasteiger partial charge in [-0.1, -0.05) is 0 Å². The van der Waals surface area contributed by atoms with Crippen molar-refractivity contribution in [1.82, 2.24) is 0 Å². The molecule has 0 atom stereocenters. The molecule has 5 N–H and O–H groups in total. The molecule has 0 aliphatic carbocycles. The van der Waals surface area contributed by atoms with Gasteiger partial charge in [-0.3, -0.25) is 23.0 Å². The minimum atomic E-state index is -5.22. The van der Waals surface area contributed by atoms with Gasteiger partial charge in [0.05, 0.1) is 15.5 Å². The van der Waals surface area contributed by atoms with Gasteiger partial charge in [-0.15, -0.1) is 0 Å². The van der Waals surface area contributed by atoms with E-state index in [1.165, 1.54) is 0 Å². The number of hydrogen-bond donors (Lipinski definition) is 5. The zero-order valence-electron chi connectivity index (χ0n) is 20.6. The maximum Gasteiger partial charge on any atom is 0.354 e. The van der Waals surface area contributed by atoms with Gasteiger partial charge < -0.3 is 5.11 Å². The Balaban J connectivity index is 2.12. The fourth-order valence-corrected chi connectivity index (χ4v) is 5.80. The smallest absolute Gasteiger partial charge is 0.354 e. The van der Waals surface area contributed by atoms with E-state index in [0.29, 0.717) is 29.3 Å². The summed E-state index contributed by atoms with van der Waals surface area (Å²) in [6.45, 7) is -0.988. The molecule has 3 aromatic carbocycles. The Morgan fingerprint density at radius 2 is 1.30 bits per heavy atom. The monoisotopic (exact) mass is 680 g/mol. The number of nitrogens with zero attached hydrogens (tertiary/aromatic N) is 4. The average Bonchev–Trinajstić information content (AvgIpc) is 2.87. The molecule has 3 aromatic rings. The predicted molar refractivity (Wildman–Crippen MR) is 143 cm³/mol. The summed E-state index contributed by atoms with van der Waals surface area (Å²) < 4.78 is 131. The van der Waals surface area contributed by atoms with Crippen LogP contribution in [0.1, 0.15) is 0 Å². The van der Waals surface area contributed by atoms with Crippen LogP contribution >= 0.6 is 0 Å². The molecule has 0 heterocycles. The molecule has 0 saturated carbocycles. The van der Waals surface area contributed by atoms with Crippen LogP contribution in [0.4, 0.5) is 11.4 Å². The third-order valence-corrected chi connectivity index (χ3v) is 8.67. The lowest BCUT2D eigenvalue weighted by molar-refractivity contribution is -0.129. The van der Waals surface area contributed by atoms with Gasteiger partial charge in [0.25, 0.3) is 40.5 Å². The summed E-state index contributed by atoms with van der Waals surface area (Å²) in [5.41, 5.74) is -1.89. The number of rotatable bonds is 11. The van der Waals surface area contributed by atoms with E-state index in [9.17, 15) is 62.0 Å². The van der Waals surface area contributed by atoms with Crippen LogP contribution in [0.25, 0.3) is 10.8 Å². The van der Waals surface area contributed by atoms with Gasteiger partial charge in [-0.05, 0) is 53.9 Å². The number of carboxylic acids is 1. The van der Waals surface area contributed by atoms with Crippen molar-refractivity contribution >= 4 is 80.7 Å². The SMILES string of the molecule is O=CN(/N=C(\CN=Nc1cc2c(S(=O)(=O)O)cc(S(=O)(=O)O)cc2cc1S(=O)(=O)O)C(=O)O)c1ccc(S(=O)(=O)O)cc1. The fourth-order valence-electron chi connectivity index (χ4n) is 3.33. The van der Waals surface area contributed by atoms with Crippen molar-refractivity contribution in [3.8, 4) is 0 Å². The van der Waals surface area contributed by atoms with Crippen molar-refractivity contribution in [2.24, 2.45) is 15.3 Å². The molecule has 0 unspecified atom stereocenters. The molecule has 0 aromatic heterocycles. The number of hydrogen-bond acceptors (Lipinski definition) is 13. The standard InChI is InChI=1S/C20H16N4O15S4/c25-10-24(12-1-3-13(4-2-12)40(28,29)30)23-17(20(26)27)9-21-22-16-8-15-11(6-19(16)43(37,38)39)5-14(41(31,32)33)7-18(15)42(34,35)36/h1-8,10H,9H2,(H,26,27)(H,28,29,30)(H,31,32,33)(H,34,35,36)(H,37,38,39)/b22-21?,23-17+. The lowest BCUT2D eigenvalue weighted by Gasteiger charge is -2.12. The average molecular weight is 681 g/mol. The Morgan fingerprint density at radius 3 is 1.77 bits per heavy atom. The first kappa shape index (κ1) is 33.3. The van der Waals surface area contributed by atoms with Crippen LogP contribution in [0.3, 0.4) is 0 Å². The number of carboxylic acid groups (broad SMARTS) is 1. The molecule has 0 fully saturated rings. The van der Waals surface area contributed by atoms with E-state index in [1.54, 1.807) is 0 Å². The van der Waals surface area contributed by atoms with Gasteiger partial charge in [0.2, 0.25) is 6.41 Å². The van der Waals surface area contributed by atoms with E-state index in [2.05, 4.69) is 15.3 Å². The molecule has 19 nitrogen and oxygen atoms in total. The highest BCUT2D eigenvalue weighted by atomic mass is 32.2. The minimum absolute atomic E-state index is 0.0278. The summed E-state index contributed by atoms with van der Waals surface area (Å²) >= 11 is 0. The summed E-state index contributed by atoms with van der Waals surface area (Å²) in [7, 11) is -20.1. The highest BCUT2D eigenvalue weighted by molar-refractivity contribution is 7.87. The molecule has 1 amide bonds. The van der Waals surface area contributed by atoms with Crippen molar-refractivity contribution in [2.45, 2.75) is 19.6 Å². The Bertz CT molecular complexity index is 2140. The Labute approximate surface area is 241 Å². The second kappa shape index (κ2) is 11.8. The molecule has 0 saturated heterocycles. The van der Waals surface area contributed by atoms with Gasteiger partial charge >= 0.3 is 5.97 Å². The highest BCUT2D eigenvalue weighted by Gasteiger charge is 2.25. The summed E-state index contributed by atoms with van der Waals surface area (Å²) in [5.74, 6) is -1.76. The van der Waals surface area contributed by atoms with Crippen LogP contribution in [0.2, 0.25) is 0 Å². The Kier molecular flexibility index (Phi) is 9.14. The number of carbonyl (C=O) groups is 2.